The van der Waals surface area contributed by atoms with E-state index in [4.69, 9.17) is 0 Å². The summed E-state index contributed by atoms with van der Waals surface area (Å²) in [6.45, 7) is 10.5. The van der Waals surface area contributed by atoms with Gasteiger partial charge in [-0.3, -0.25) is 9.69 Å². The van der Waals surface area contributed by atoms with Crippen molar-refractivity contribution in [2.75, 3.05) is 33.2 Å². The van der Waals surface area contributed by atoms with Crippen LogP contribution in [0.4, 0.5) is 4.79 Å². The van der Waals surface area contributed by atoms with Crippen molar-refractivity contribution in [3.8, 4) is 0 Å². The Morgan fingerprint density at radius 1 is 1.33 bits per heavy atom. The maximum absolute atomic E-state index is 13.2. The molecular formula is C20H31N4O2S+. The second-order valence-corrected chi connectivity index (χ2v) is 8.43. The second kappa shape index (κ2) is 8.44. The predicted molar refractivity (Wildman–Crippen MR) is 108 cm³/mol. The normalized spacial score (nSPS) is 21.1. The number of rotatable bonds is 8. The predicted octanol–water partition coefficient (Wildman–Crippen LogP) is 1.63. The molecular weight excluding hydrogens is 360 g/mol. The maximum Gasteiger partial charge on any atom is 0.322 e. The first-order valence-corrected chi connectivity index (χ1v) is 10.8. The monoisotopic (exact) mass is 391 g/mol. The fourth-order valence-electron chi connectivity index (χ4n) is 4.02. The SMILES string of the molecule is CC[NH+](CC)CCC[C@H](C)N1CC2=C(C1=O)[C@@H](c1cccs1)NC(=O)N2C. The molecule has 27 heavy (non-hydrogen) atoms. The average Bonchev–Trinajstić information content (AvgIpc) is 3.30. The molecule has 1 aromatic rings. The molecule has 0 fully saturated rings. The lowest BCUT2D eigenvalue weighted by Gasteiger charge is -2.30. The molecule has 0 aromatic carbocycles. The van der Waals surface area contributed by atoms with Gasteiger partial charge in [-0.15, -0.1) is 11.3 Å². The van der Waals surface area contributed by atoms with Crippen molar-refractivity contribution in [3.63, 3.8) is 0 Å². The molecule has 2 atom stereocenters. The van der Waals surface area contributed by atoms with Gasteiger partial charge in [-0.05, 0) is 45.1 Å². The van der Waals surface area contributed by atoms with Crippen molar-refractivity contribution in [2.24, 2.45) is 0 Å². The molecule has 6 nitrogen and oxygen atoms in total. The van der Waals surface area contributed by atoms with Gasteiger partial charge in [-0.2, -0.15) is 0 Å². The largest absolute Gasteiger partial charge is 0.335 e. The first-order chi connectivity index (χ1) is 13.0. The van der Waals surface area contributed by atoms with Gasteiger partial charge in [0.25, 0.3) is 5.91 Å². The maximum atomic E-state index is 13.2. The number of hydrogen-bond acceptors (Lipinski definition) is 3. The van der Waals surface area contributed by atoms with Crippen LogP contribution in [0.3, 0.4) is 0 Å². The molecule has 3 amide bonds. The highest BCUT2D eigenvalue weighted by Crippen LogP contribution is 2.38. The number of urea groups is 1. The van der Waals surface area contributed by atoms with Gasteiger partial charge in [0, 0.05) is 18.0 Å². The number of likely N-dealkylation sites (N-methyl/N-ethyl adjacent to an activating group) is 1. The summed E-state index contributed by atoms with van der Waals surface area (Å²) in [5, 5.41) is 4.97. The molecule has 0 spiro atoms. The van der Waals surface area contributed by atoms with Crippen LogP contribution in [-0.2, 0) is 4.79 Å². The molecule has 3 heterocycles. The number of thiophene rings is 1. The van der Waals surface area contributed by atoms with E-state index in [1.165, 1.54) is 0 Å². The number of carbonyl (C=O) groups is 2. The van der Waals surface area contributed by atoms with Gasteiger partial charge in [0.1, 0.15) is 0 Å². The Balaban J connectivity index is 1.72. The topological polar surface area (TPSA) is 57.1 Å². The number of carbonyl (C=O) groups excluding carboxylic acids is 2. The summed E-state index contributed by atoms with van der Waals surface area (Å²) >= 11 is 1.57. The minimum Gasteiger partial charge on any atom is -0.335 e. The summed E-state index contributed by atoms with van der Waals surface area (Å²) in [4.78, 5) is 31.8. The van der Waals surface area contributed by atoms with Gasteiger partial charge >= 0.3 is 6.03 Å². The highest BCUT2D eigenvalue weighted by molar-refractivity contribution is 7.10. The lowest BCUT2D eigenvalue weighted by Crippen LogP contribution is -3.11. The van der Waals surface area contributed by atoms with Crippen LogP contribution in [0.2, 0.25) is 0 Å². The van der Waals surface area contributed by atoms with Crippen LogP contribution in [-0.4, -0.2) is 61.0 Å². The van der Waals surface area contributed by atoms with E-state index in [1.807, 2.05) is 22.4 Å². The average molecular weight is 392 g/mol. The standard InChI is InChI=1S/C20H30N4O2S/c1-5-23(6-2)11-7-9-14(3)24-13-15-17(19(24)25)18(16-10-8-12-27-16)21-20(26)22(15)4/h8,10,12,14,18H,5-7,9,11,13H2,1-4H3,(H,21,26)/p+1/t14-,18+/m0/s1. The zero-order valence-corrected chi connectivity index (χ0v) is 17.6. The van der Waals surface area contributed by atoms with Gasteiger partial charge < -0.3 is 15.1 Å². The minimum absolute atomic E-state index is 0.0675. The fraction of sp³-hybridized carbons (Fsp3) is 0.600. The smallest absolute Gasteiger partial charge is 0.322 e. The lowest BCUT2D eigenvalue weighted by atomic mass is 10.0. The lowest BCUT2D eigenvalue weighted by molar-refractivity contribution is -0.896. The summed E-state index contributed by atoms with van der Waals surface area (Å²) in [6, 6.07) is 3.65. The van der Waals surface area contributed by atoms with Gasteiger partial charge in [0.2, 0.25) is 0 Å². The molecule has 148 valence electrons. The van der Waals surface area contributed by atoms with E-state index in [0.29, 0.717) is 6.54 Å². The van der Waals surface area contributed by atoms with Gasteiger partial charge in [-0.25, -0.2) is 4.79 Å². The van der Waals surface area contributed by atoms with Crippen molar-refractivity contribution in [2.45, 2.75) is 45.7 Å². The van der Waals surface area contributed by atoms with E-state index in [-0.39, 0.29) is 24.0 Å². The van der Waals surface area contributed by atoms with Crippen molar-refractivity contribution in [1.82, 2.24) is 15.1 Å². The molecule has 0 saturated carbocycles. The fourth-order valence-corrected chi connectivity index (χ4v) is 4.80. The Morgan fingerprint density at radius 3 is 2.70 bits per heavy atom. The van der Waals surface area contributed by atoms with Crippen molar-refractivity contribution in [3.05, 3.63) is 33.7 Å². The molecule has 0 bridgehead atoms. The molecule has 0 unspecified atom stereocenters. The number of nitrogens with one attached hydrogen (secondary N) is 2. The molecule has 0 saturated heterocycles. The van der Waals surface area contributed by atoms with Crippen LogP contribution in [0.15, 0.2) is 28.8 Å². The van der Waals surface area contributed by atoms with Crippen molar-refractivity contribution in [1.29, 1.82) is 0 Å². The summed E-state index contributed by atoms with van der Waals surface area (Å²) in [7, 11) is 1.75. The number of quaternary nitrogens is 1. The van der Waals surface area contributed by atoms with E-state index in [2.05, 4.69) is 26.1 Å². The summed E-state index contributed by atoms with van der Waals surface area (Å²) < 4.78 is 0. The number of amides is 3. The third kappa shape index (κ3) is 3.89. The van der Waals surface area contributed by atoms with Crippen molar-refractivity contribution >= 4 is 23.3 Å². The Morgan fingerprint density at radius 2 is 2.07 bits per heavy atom. The van der Waals surface area contributed by atoms with Gasteiger partial charge in [0.05, 0.1) is 43.5 Å². The van der Waals surface area contributed by atoms with Crippen LogP contribution in [0, 0.1) is 0 Å². The van der Waals surface area contributed by atoms with Crippen LogP contribution in [0.1, 0.15) is 44.5 Å². The highest BCUT2D eigenvalue weighted by Gasteiger charge is 2.44. The highest BCUT2D eigenvalue weighted by atomic mass is 32.1. The third-order valence-corrected chi connectivity index (χ3v) is 6.84. The molecule has 2 aliphatic heterocycles. The first-order valence-electron chi connectivity index (χ1n) is 9.93. The quantitative estimate of drug-likeness (QED) is 0.708. The van der Waals surface area contributed by atoms with Crippen molar-refractivity contribution < 1.29 is 14.5 Å². The number of hydrogen-bond donors (Lipinski definition) is 2. The Hall–Kier alpha value is -1.86. The summed E-state index contributed by atoms with van der Waals surface area (Å²) in [6.07, 6.45) is 2.10. The van der Waals surface area contributed by atoms with E-state index in [9.17, 15) is 9.59 Å². The van der Waals surface area contributed by atoms with E-state index in [0.717, 1.165) is 48.6 Å². The summed E-state index contributed by atoms with van der Waals surface area (Å²) in [5.74, 6) is 0.0675. The van der Waals surface area contributed by atoms with Gasteiger partial charge in [-0.1, -0.05) is 6.07 Å². The summed E-state index contributed by atoms with van der Waals surface area (Å²) in [5.41, 5.74) is 1.59. The molecule has 1 aromatic heterocycles. The molecule has 7 heteroatoms. The number of nitrogens with zero attached hydrogens (tertiary/aromatic N) is 2. The zero-order valence-electron chi connectivity index (χ0n) is 16.7. The molecule has 2 N–H and O–H groups in total. The zero-order chi connectivity index (χ0) is 19.6. The Bertz CT molecular complexity index is 712. The minimum atomic E-state index is -0.325. The molecule has 3 rings (SSSR count). The second-order valence-electron chi connectivity index (χ2n) is 7.45. The van der Waals surface area contributed by atoms with Crippen LogP contribution < -0.4 is 10.2 Å². The van der Waals surface area contributed by atoms with E-state index >= 15 is 0 Å². The molecule has 0 aliphatic carbocycles. The van der Waals surface area contributed by atoms with E-state index in [1.54, 1.807) is 28.2 Å². The van der Waals surface area contributed by atoms with E-state index < -0.39 is 0 Å². The molecule has 0 radical (unpaired) electrons. The first kappa shape index (κ1) is 19.9. The Kier molecular flexibility index (Phi) is 6.22. The van der Waals surface area contributed by atoms with Gasteiger partial charge in [0.15, 0.2) is 0 Å². The van der Waals surface area contributed by atoms with Crippen LogP contribution in [0.5, 0.6) is 0 Å². The van der Waals surface area contributed by atoms with Crippen LogP contribution >= 0.6 is 11.3 Å². The third-order valence-electron chi connectivity index (χ3n) is 5.90. The molecule has 2 aliphatic rings. The Labute approximate surface area is 165 Å². The van der Waals surface area contributed by atoms with Crippen LogP contribution in [0.25, 0.3) is 0 Å².